The lowest BCUT2D eigenvalue weighted by Gasteiger charge is -2.29. The van der Waals surface area contributed by atoms with E-state index in [2.05, 4.69) is 0 Å². The van der Waals surface area contributed by atoms with Gasteiger partial charge in [0.2, 0.25) is 15.9 Å². The summed E-state index contributed by atoms with van der Waals surface area (Å²) in [5.74, 6) is 2.30. The second-order valence-corrected chi connectivity index (χ2v) is 11.1. The van der Waals surface area contributed by atoms with Crippen LogP contribution in [-0.2, 0) is 27.8 Å². The van der Waals surface area contributed by atoms with E-state index in [1.54, 1.807) is 57.2 Å². The Morgan fingerprint density at radius 1 is 0.946 bits per heavy atom. The fraction of sp³-hybridized carbons (Fsp3) is 0.393. The molecule has 0 unspecified atom stereocenters. The smallest absolute Gasteiger partial charge is 0.243 e. The fourth-order valence-corrected chi connectivity index (χ4v) is 5.56. The Kier molecular flexibility index (Phi) is 9.39. The minimum atomic E-state index is -3.87. The molecule has 0 saturated carbocycles. The van der Waals surface area contributed by atoms with Crippen molar-refractivity contribution >= 4 is 15.9 Å². The topological polar surface area (TPSA) is 89.3 Å². The molecule has 37 heavy (non-hydrogen) atoms. The van der Waals surface area contributed by atoms with Crippen molar-refractivity contribution in [3.63, 3.8) is 0 Å². The van der Waals surface area contributed by atoms with Crippen LogP contribution in [0.15, 0.2) is 63.9 Å². The molecular formula is C28H36N2O6S. The quantitative estimate of drug-likeness (QED) is 0.342. The highest BCUT2D eigenvalue weighted by atomic mass is 32.2. The minimum absolute atomic E-state index is 0.165. The average Bonchev–Trinajstić information content (AvgIpc) is 3.29. The lowest BCUT2D eigenvalue weighted by molar-refractivity contribution is -0.132. The average molecular weight is 529 g/mol. The molecule has 0 atom stereocenters. The van der Waals surface area contributed by atoms with E-state index < -0.39 is 16.1 Å². The van der Waals surface area contributed by atoms with Gasteiger partial charge in [-0.05, 0) is 76.1 Å². The van der Waals surface area contributed by atoms with Gasteiger partial charge in [-0.3, -0.25) is 4.79 Å². The number of ether oxygens (including phenoxy) is 2. The summed E-state index contributed by atoms with van der Waals surface area (Å²) in [6.07, 6.45) is 0.540. The van der Waals surface area contributed by atoms with Crippen LogP contribution >= 0.6 is 0 Å². The van der Waals surface area contributed by atoms with Gasteiger partial charge >= 0.3 is 0 Å². The van der Waals surface area contributed by atoms with Crippen molar-refractivity contribution in [2.45, 2.75) is 51.6 Å². The van der Waals surface area contributed by atoms with Crippen LogP contribution in [0.25, 0.3) is 0 Å². The Hall–Kier alpha value is -3.30. The number of aryl methyl sites for hydroxylation is 2. The summed E-state index contributed by atoms with van der Waals surface area (Å²) in [6, 6.07) is 15.5. The Balaban J connectivity index is 1.84. The Morgan fingerprint density at radius 2 is 1.62 bits per heavy atom. The summed E-state index contributed by atoms with van der Waals surface area (Å²) in [4.78, 5) is 15.4. The largest absolute Gasteiger partial charge is 0.493 e. The predicted molar refractivity (Wildman–Crippen MR) is 142 cm³/mol. The van der Waals surface area contributed by atoms with Crippen LogP contribution in [0, 0.1) is 13.8 Å². The minimum Gasteiger partial charge on any atom is -0.493 e. The standard InChI is InChI=1S/C28H36N2O6S/c1-20(2)30(37(32,33)25-12-7-21(3)8-13-25)19-28(31)29(18-24-11-9-22(4)36-24)16-15-23-10-14-26(34-5)27(17-23)35-6/h7-14,17,20H,15-16,18-19H2,1-6H3. The van der Waals surface area contributed by atoms with Gasteiger partial charge < -0.3 is 18.8 Å². The summed E-state index contributed by atoms with van der Waals surface area (Å²) < 4.78 is 44.5. The molecule has 1 heterocycles. The van der Waals surface area contributed by atoms with Crippen LogP contribution in [0.1, 0.15) is 36.5 Å². The number of carbonyl (C=O) groups excluding carboxylic acids is 1. The molecule has 0 saturated heterocycles. The highest BCUT2D eigenvalue weighted by molar-refractivity contribution is 7.89. The van der Waals surface area contributed by atoms with Crippen LogP contribution in [-0.4, -0.2) is 56.9 Å². The normalized spacial score (nSPS) is 11.7. The van der Waals surface area contributed by atoms with Gasteiger partial charge in [0.15, 0.2) is 11.5 Å². The van der Waals surface area contributed by atoms with Crippen molar-refractivity contribution in [1.82, 2.24) is 9.21 Å². The zero-order valence-electron chi connectivity index (χ0n) is 22.4. The molecule has 200 valence electrons. The van der Waals surface area contributed by atoms with E-state index in [1.165, 1.54) is 4.31 Å². The molecule has 3 rings (SSSR count). The maximum Gasteiger partial charge on any atom is 0.243 e. The Morgan fingerprint density at radius 3 is 2.19 bits per heavy atom. The molecule has 8 nitrogen and oxygen atoms in total. The molecule has 0 aliphatic rings. The number of methoxy groups -OCH3 is 2. The molecule has 9 heteroatoms. The molecule has 2 aromatic carbocycles. The first kappa shape index (κ1) is 28.3. The highest BCUT2D eigenvalue weighted by Gasteiger charge is 2.31. The van der Waals surface area contributed by atoms with Crippen LogP contribution < -0.4 is 9.47 Å². The summed E-state index contributed by atoms with van der Waals surface area (Å²) in [6.45, 7) is 7.59. The first-order chi connectivity index (χ1) is 17.5. The zero-order chi connectivity index (χ0) is 27.2. The third kappa shape index (κ3) is 7.14. The van der Waals surface area contributed by atoms with E-state index in [0.717, 1.165) is 16.9 Å². The predicted octanol–water partition coefficient (Wildman–Crippen LogP) is 4.58. The number of sulfonamides is 1. The van der Waals surface area contributed by atoms with Gasteiger partial charge in [-0.1, -0.05) is 23.8 Å². The molecule has 1 amide bonds. The van der Waals surface area contributed by atoms with Gasteiger partial charge in [0.05, 0.1) is 32.2 Å². The van der Waals surface area contributed by atoms with E-state index in [9.17, 15) is 13.2 Å². The Bertz CT molecular complexity index is 1300. The van der Waals surface area contributed by atoms with Gasteiger partial charge in [-0.2, -0.15) is 4.31 Å². The molecule has 0 fully saturated rings. The van der Waals surface area contributed by atoms with Crippen LogP contribution in [0.4, 0.5) is 0 Å². The second-order valence-electron chi connectivity index (χ2n) is 9.22. The van der Waals surface area contributed by atoms with Crippen molar-refractivity contribution in [1.29, 1.82) is 0 Å². The van der Waals surface area contributed by atoms with Crippen molar-refractivity contribution in [3.05, 3.63) is 77.2 Å². The molecular weight excluding hydrogens is 492 g/mol. The van der Waals surface area contributed by atoms with Crippen molar-refractivity contribution in [2.24, 2.45) is 0 Å². The number of hydrogen-bond acceptors (Lipinski definition) is 6. The molecule has 0 aliphatic carbocycles. The number of furan rings is 1. The maximum atomic E-state index is 13.6. The number of hydrogen-bond donors (Lipinski definition) is 0. The molecule has 0 bridgehead atoms. The van der Waals surface area contributed by atoms with E-state index in [0.29, 0.717) is 30.2 Å². The number of carbonyl (C=O) groups is 1. The molecule has 1 aromatic heterocycles. The number of benzene rings is 2. The van der Waals surface area contributed by atoms with E-state index in [1.807, 2.05) is 44.2 Å². The first-order valence-corrected chi connectivity index (χ1v) is 13.6. The maximum absolute atomic E-state index is 13.6. The lowest BCUT2D eigenvalue weighted by atomic mass is 10.1. The molecule has 0 aliphatic heterocycles. The van der Waals surface area contributed by atoms with Gasteiger partial charge in [0, 0.05) is 12.6 Å². The fourth-order valence-electron chi connectivity index (χ4n) is 3.97. The molecule has 3 aromatic rings. The van der Waals surface area contributed by atoms with Crippen molar-refractivity contribution in [2.75, 3.05) is 27.3 Å². The first-order valence-electron chi connectivity index (χ1n) is 12.2. The van der Waals surface area contributed by atoms with Crippen LogP contribution in [0.5, 0.6) is 11.5 Å². The van der Waals surface area contributed by atoms with Gasteiger partial charge in [-0.25, -0.2) is 8.42 Å². The second kappa shape index (κ2) is 12.3. The van der Waals surface area contributed by atoms with Gasteiger partial charge in [0.1, 0.15) is 11.5 Å². The van der Waals surface area contributed by atoms with Crippen molar-refractivity contribution in [3.8, 4) is 11.5 Å². The third-order valence-electron chi connectivity index (χ3n) is 6.11. The zero-order valence-corrected chi connectivity index (χ0v) is 23.2. The number of rotatable bonds is 12. The highest BCUT2D eigenvalue weighted by Crippen LogP contribution is 2.28. The molecule has 0 N–H and O–H groups in total. The summed E-state index contributed by atoms with van der Waals surface area (Å²) in [7, 11) is -0.713. The van der Waals surface area contributed by atoms with E-state index in [4.69, 9.17) is 13.9 Å². The third-order valence-corrected chi connectivity index (χ3v) is 8.14. The number of nitrogens with zero attached hydrogens (tertiary/aromatic N) is 2. The van der Waals surface area contributed by atoms with E-state index in [-0.39, 0.29) is 23.9 Å². The summed E-state index contributed by atoms with van der Waals surface area (Å²) in [5.41, 5.74) is 1.92. The van der Waals surface area contributed by atoms with Gasteiger partial charge in [-0.15, -0.1) is 0 Å². The van der Waals surface area contributed by atoms with Crippen molar-refractivity contribution < 1.29 is 27.1 Å². The molecule has 0 spiro atoms. The van der Waals surface area contributed by atoms with E-state index >= 15 is 0 Å². The van der Waals surface area contributed by atoms with Crippen LogP contribution in [0.3, 0.4) is 0 Å². The van der Waals surface area contributed by atoms with Gasteiger partial charge in [0.25, 0.3) is 0 Å². The summed E-state index contributed by atoms with van der Waals surface area (Å²) >= 11 is 0. The lowest BCUT2D eigenvalue weighted by Crippen LogP contribution is -2.46. The summed E-state index contributed by atoms with van der Waals surface area (Å²) in [5, 5.41) is 0. The Labute approximate surface area is 219 Å². The SMILES string of the molecule is COc1ccc(CCN(Cc2ccc(C)o2)C(=O)CN(C(C)C)S(=O)(=O)c2ccc(C)cc2)cc1OC. The number of amides is 1. The monoisotopic (exact) mass is 528 g/mol. The molecule has 0 radical (unpaired) electrons. The van der Waals surface area contributed by atoms with Crippen LogP contribution in [0.2, 0.25) is 0 Å².